The minimum Gasteiger partial charge on any atom is -0.476 e. The number of carbonyl (C=O) groups is 1. The molecule has 0 saturated carbocycles. The number of hydrogen-bond acceptors (Lipinski definition) is 4. The van der Waals surface area contributed by atoms with Gasteiger partial charge in [-0.25, -0.2) is 14.8 Å². The molecule has 0 atom stereocenters. The lowest BCUT2D eigenvalue weighted by Crippen LogP contribution is -2.03. The van der Waals surface area contributed by atoms with Gasteiger partial charge in [0, 0.05) is 17.0 Å². The lowest BCUT2D eigenvalue weighted by atomic mass is 10.2. The third-order valence-electron chi connectivity index (χ3n) is 2.21. The van der Waals surface area contributed by atoms with Crippen molar-refractivity contribution in [3.05, 3.63) is 51.2 Å². The minimum absolute atomic E-state index is 0.0337. The van der Waals surface area contributed by atoms with Crippen molar-refractivity contribution in [3.63, 3.8) is 0 Å². The number of aromatic nitrogens is 2. The van der Waals surface area contributed by atoms with Gasteiger partial charge in [0.25, 0.3) is 0 Å². The molecule has 0 fully saturated rings. The van der Waals surface area contributed by atoms with Crippen molar-refractivity contribution in [2.75, 3.05) is 0 Å². The number of carboxylic acid groups (broad SMARTS) is 1. The van der Waals surface area contributed by atoms with Gasteiger partial charge in [0.1, 0.15) is 0 Å². The highest BCUT2D eigenvalue weighted by Gasteiger charge is 2.12. The second-order valence-corrected chi connectivity index (χ2v) is 5.80. The summed E-state index contributed by atoms with van der Waals surface area (Å²) < 4.78 is 0.371. The third kappa shape index (κ3) is 3.92. The van der Waals surface area contributed by atoms with Crippen LogP contribution < -0.4 is 0 Å². The van der Waals surface area contributed by atoms with Crippen LogP contribution in [0.5, 0.6) is 0 Å². The first-order valence-corrected chi connectivity index (χ1v) is 7.35. The molecule has 1 aromatic carbocycles. The number of thioether (sulfide) groups is 1. The molecule has 0 radical (unpaired) electrons. The van der Waals surface area contributed by atoms with Gasteiger partial charge in [0.05, 0.1) is 4.47 Å². The van der Waals surface area contributed by atoms with Gasteiger partial charge in [-0.15, -0.1) is 0 Å². The van der Waals surface area contributed by atoms with Crippen LogP contribution in [0.15, 0.2) is 40.1 Å². The maximum Gasteiger partial charge on any atom is 0.355 e. The topological polar surface area (TPSA) is 63.1 Å². The Morgan fingerprint density at radius 2 is 2.05 bits per heavy atom. The fourth-order valence-electron chi connectivity index (χ4n) is 1.30. The summed E-state index contributed by atoms with van der Waals surface area (Å²) in [5, 5.41) is 10.1. The van der Waals surface area contributed by atoms with Crippen molar-refractivity contribution in [2.45, 2.75) is 10.9 Å². The Labute approximate surface area is 127 Å². The van der Waals surface area contributed by atoms with E-state index in [1.54, 1.807) is 0 Å². The van der Waals surface area contributed by atoms with Crippen LogP contribution in [0.3, 0.4) is 0 Å². The normalized spacial score (nSPS) is 10.4. The van der Waals surface area contributed by atoms with E-state index >= 15 is 0 Å². The first kappa shape index (κ1) is 14.3. The van der Waals surface area contributed by atoms with Crippen molar-refractivity contribution >= 4 is 45.3 Å². The van der Waals surface area contributed by atoms with Crippen molar-refractivity contribution in [2.24, 2.45) is 0 Å². The number of benzene rings is 1. The predicted molar refractivity (Wildman–Crippen MR) is 77.7 cm³/mol. The van der Waals surface area contributed by atoms with Crippen LogP contribution in [0.2, 0.25) is 5.02 Å². The number of nitrogens with zero attached hydrogens (tertiary/aromatic N) is 2. The van der Waals surface area contributed by atoms with Gasteiger partial charge in [-0.1, -0.05) is 35.5 Å². The molecule has 4 nitrogen and oxygen atoms in total. The largest absolute Gasteiger partial charge is 0.476 e. The number of halogens is 2. The fourth-order valence-corrected chi connectivity index (χ4v) is 2.56. The van der Waals surface area contributed by atoms with Crippen LogP contribution in [0.4, 0.5) is 0 Å². The molecule has 98 valence electrons. The van der Waals surface area contributed by atoms with Crippen LogP contribution in [-0.2, 0) is 5.75 Å². The number of hydrogen-bond donors (Lipinski definition) is 1. The molecule has 2 aromatic rings. The van der Waals surface area contributed by atoms with Gasteiger partial charge in [-0.05, 0) is 33.6 Å². The Bertz CT molecular complexity index is 607. The highest BCUT2D eigenvalue weighted by atomic mass is 79.9. The summed E-state index contributed by atoms with van der Waals surface area (Å²) in [6, 6.07) is 7.43. The Hall–Kier alpha value is -1.11. The molecule has 0 saturated heterocycles. The van der Waals surface area contributed by atoms with Crippen LogP contribution in [0, 0.1) is 0 Å². The number of carboxylic acids is 1. The number of rotatable bonds is 4. The molecular weight excluding hydrogens is 352 g/mol. The summed E-state index contributed by atoms with van der Waals surface area (Å²) in [5.74, 6) is -0.430. The minimum atomic E-state index is -1.08. The molecule has 0 aliphatic heterocycles. The van der Waals surface area contributed by atoms with Crippen LogP contribution in [0.1, 0.15) is 16.1 Å². The molecule has 0 aliphatic rings. The summed E-state index contributed by atoms with van der Waals surface area (Å²) in [7, 11) is 0. The Kier molecular flexibility index (Phi) is 4.79. The molecule has 2 rings (SSSR count). The van der Waals surface area contributed by atoms with Gasteiger partial charge in [-0.2, -0.15) is 0 Å². The Balaban J connectivity index is 2.09. The van der Waals surface area contributed by atoms with Gasteiger partial charge >= 0.3 is 5.97 Å². The average Bonchev–Trinajstić information content (AvgIpc) is 2.39. The molecule has 0 spiro atoms. The zero-order valence-electron chi connectivity index (χ0n) is 9.51. The first-order chi connectivity index (χ1) is 9.06. The molecule has 0 amide bonds. The summed E-state index contributed by atoms with van der Waals surface area (Å²) in [5.41, 5.74) is 1.03. The number of aromatic carboxylic acids is 1. The molecule has 1 aromatic heterocycles. The molecule has 0 bridgehead atoms. The third-order valence-corrected chi connectivity index (χ3v) is 3.97. The van der Waals surface area contributed by atoms with E-state index in [1.807, 2.05) is 24.3 Å². The van der Waals surface area contributed by atoms with Crippen molar-refractivity contribution in [1.82, 2.24) is 9.97 Å². The fraction of sp³-hybridized carbons (Fsp3) is 0.0833. The van der Waals surface area contributed by atoms with Gasteiger partial charge < -0.3 is 5.11 Å². The van der Waals surface area contributed by atoms with E-state index in [0.29, 0.717) is 20.4 Å². The van der Waals surface area contributed by atoms with Crippen molar-refractivity contribution in [1.29, 1.82) is 0 Å². The molecule has 1 heterocycles. The zero-order chi connectivity index (χ0) is 13.8. The first-order valence-electron chi connectivity index (χ1n) is 5.19. The predicted octanol–water partition coefficient (Wildman–Crippen LogP) is 3.88. The van der Waals surface area contributed by atoms with E-state index in [1.165, 1.54) is 18.0 Å². The maximum atomic E-state index is 10.9. The van der Waals surface area contributed by atoms with Gasteiger partial charge in [0.15, 0.2) is 10.9 Å². The summed E-state index contributed by atoms with van der Waals surface area (Å²) >= 11 is 10.3. The van der Waals surface area contributed by atoms with Crippen molar-refractivity contribution in [3.8, 4) is 0 Å². The second kappa shape index (κ2) is 6.36. The lowest BCUT2D eigenvalue weighted by molar-refractivity contribution is 0.0688. The van der Waals surface area contributed by atoms with E-state index in [0.717, 1.165) is 5.56 Å². The lowest BCUT2D eigenvalue weighted by Gasteiger charge is -2.03. The second-order valence-electron chi connectivity index (χ2n) is 3.57. The van der Waals surface area contributed by atoms with E-state index in [2.05, 4.69) is 25.9 Å². The summed E-state index contributed by atoms with van der Waals surface area (Å²) in [6.45, 7) is 0. The average molecular weight is 360 g/mol. The van der Waals surface area contributed by atoms with Crippen LogP contribution >= 0.6 is 39.3 Å². The molecule has 1 N–H and O–H groups in total. The van der Waals surface area contributed by atoms with Gasteiger partial charge in [-0.3, -0.25) is 0 Å². The Morgan fingerprint density at radius 3 is 2.68 bits per heavy atom. The SMILES string of the molecule is O=C(O)c1nc(SCc2ccc(Cl)cc2)ncc1Br. The van der Waals surface area contributed by atoms with Gasteiger partial charge in [0.2, 0.25) is 0 Å². The smallest absolute Gasteiger partial charge is 0.355 e. The monoisotopic (exact) mass is 358 g/mol. The van der Waals surface area contributed by atoms with E-state index in [4.69, 9.17) is 16.7 Å². The molecule has 7 heteroatoms. The van der Waals surface area contributed by atoms with Crippen LogP contribution in [-0.4, -0.2) is 21.0 Å². The highest BCUT2D eigenvalue weighted by molar-refractivity contribution is 9.10. The van der Waals surface area contributed by atoms with Crippen LogP contribution in [0.25, 0.3) is 0 Å². The van der Waals surface area contributed by atoms with E-state index in [-0.39, 0.29) is 5.69 Å². The zero-order valence-corrected chi connectivity index (χ0v) is 12.7. The highest BCUT2D eigenvalue weighted by Crippen LogP contribution is 2.22. The molecule has 0 aliphatic carbocycles. The van der Waals surface area contributed by atoms with Crippen molar-refractivity contribution < 1.29 is 9.90 Å². The van der Waals surface area contributed by atoms with E-state index in [9.17, 15) is 4.79 Å². The molecular formula is C12H8BrClN2O2S. The molecule has 19 heavy (non-hydrogen) atoms. The summed E-state index contributed by atoms with van der Waals surface area (Å²) in [6.07, 6.45) is 1.45. The standard InChI is InChI=1S/C12H8BrClN2O2S/c13-9-5-15-12(16-10(9)11(17)18)19-6-7-1-3-8(14)4-2-7/h1-5H,6H2,(H,17,18). The van der Waals surface area contributed by atoms with E-state index < -0.39 is 5.97 Å². The maximum absolute atomic E-state index is 10.9. The quantitative estimate of drug-likeness (QED) is 0.663. The Morgan fingerprint density at radius 1 is 1.37 bits per heavy atom. The molecule has 0 unspecified atom stereocenters. The summed E-state index contributed by atoms with van der Waals surface area (Å²) in [4.78, 5) is 19.0.